The van der Waals surface area contributed by atoms with Crippen LogP contribution in [0.25, 0.3) is 0 Å². The van der Waals surface area contributed by atoms with E-state index in [-0.39, 0.29) is 17.3 Å². The van der Waals surface area contributed by atoms with Crippen LogP contribution in [0.5, 0.6) is 5.75 Å². The fourth-order valence-electron chi connectivity index (χ4n) is 1.36. The predicted molar refractivity (Wildman–Crippen MR) is 72.8 cm³/mol. The molecule has 0 saturated heterocycles. The number of rotatable bonds is 2. The average Bonchev–Trinajstić information content (AvgIpc) is 2.39. The summed E-state index contributed by atoms with van der Waals surface area (Å²) in [7, 11) is -4.03. The molecule has 1 aromatic carbocycles. The Balaban J connectivity index is 0.000000204. The molecule has 0 radical (unpaired) electrons. The van der Waals surface area contributed by atoms with Gasteiger partial charge >= 0.3 is 0 Å². The van der Waals surface area contributed by atoms with Gasteiger partial charge < -0.3 is 10.2 Å². The van der Waals surface area contributed by atoms with E-state index >= 15 is 0 Å². The summed E-state index contributed by atoms with van der Waals surface area (Å²) in [4.78, 5) is 3.67. The molecule has 6 nitrogen and oxygen atoms in total. The van der Waals surface area contributed by atoms with Crippen LogP contribution < -0.4 is 0 Å². The SMILES string of the molecule is Cc1ccccc1S(=O)(=O)O.OCc1ccc(O)cn1. The van der Waals surface area contributed by atoms with Gasteiger partial charge in [0.25, 0.3) is 10.1 Å². The fraction of sp³-hybridized carbons (Fsp3) is 0.154. The summed E-state index contributed by atoms with van der Waals surface area (Å²) in [5.74, 6) is 0.118. The molecule has 7 heteroatoms. The van der Waals surface area contributed by atoms with Crippen molar-refractivity contribution >= 4 is 10.1 Å². The van der Waals surface area contributed by atoms with Crippen LogP contribution in [0.4, 0.5) is 0 Å². The van der Waals surface area contributed by atoms with E-state index in [1.54, 1.807) is 31.2 Å². The van der Waals surface area contributed by atoms with Crippen molar-refractivity contribution in [1.82, 2.24) is 4.98 Å². The van der Waals surface area contributed by atoms with Gasteiger partial charge in [0.1, 0.15) is 5.75 Å². The molecule has 0 aliphatic carbocycles. The van der Waals surface area contributed by atoms with Crippen molar-refractivity contribution in [1.29, 1.82) is 0 Å². The van der Waals surface area contributed by atoms with Gasteiger partial charge in [0.15, 0.2) is 0 Å². The van der Waals surface area contributed by atoms with Crippen LogP contribution in [0.3, 0.4) is 0 Å². The molecule has 0 saturated carbocycles. The van der Waals surface area contributed by atoms with Gasteiger partial charge in [0.05, 0.1) is 23.4 Å². The highest BCUT2D eigenvalue weighted by Crippen LogP contribution is 2.12. The molecule has 0 bridgehead atoms. The van der Waals surface area contributed by atoms with Crippen molar-refractivity contribution in [3.05, 3.63) is 53.9 Å². The van der Waals surface area contributed by atoms with Gasteiger partial charge in [-0.25, -0.2) is 0 Å². The van der Waals surface area contributed by atoms with E-state index in [0.29, 0.717) is 11.3 Å². The highest BCUT2D eigenvalue weighted by Gasteiger charge is 2.10. The zero-order valence-electron chi connectivity index (χ0n) is 10.8. The number of hydrogen-bond donors (Lipinski definition) is 3. The first kappa shape index (κ1) is 16.1. The molecule has 2 rings (SSSR count). The third kappa shape index (κ3) is 4.96. The van der Waals surface area contributed by atoms with E-state index in [0.717, 1.165) is 0 Å². The Bertz CT molecular complexity index is 653. The number of pyridine rings is 1. The van der Waals surface area contributed by atoms with E-state index in [2.05, 4.69) is 4.98 Å². The lowest BCUT2D eigenvalue weighted by Crippen LogP contribution is -1.99. The molecular weight excluding hydrogens is 282 g/mol. The number of aromatic hydroxyl groups is 1. The Labute approximate surface area is 117 Å². The first-order valence-electron chi connectivity index (χ1n) is 5.62. The number of benzene rings is 1. The first-order valence-corrected chi connectivity index (χ1v) is 7.06. The van der Waals surface area contributed by atoms with Crippen molar-refractivity contribution in [2.24, 2.45) is 0 Å². The minimum absolute atomic E-state index is 0.0278. The summed E-state index contributed by atoms with van der Waals surface area (Å²) < 4.78 is 29.9. The maximum Gasteiger partial charge on any atom is 0.294 e. The van der Waals surface area contributed by atoms with Crippen LogP contribution in [-0.2, 0) is 16.7 Å². The van der Waals surface area contributed by atoms with Gasteiger partial charge in [0, 0.05) is 0 Å². The second kappa shape index (κ2) is 6.99. The van der Waals surface area contributed by atoms with E-state index < -0.39 is 10.1 Å². The Kier molecular flexibility index (Phi) is 5.63. The molecule has 108 valence electrons. The van der Waals surface area contributed by atoms with E-state index in [1.807, 2.05) is 0 Å². The van der Waals surface area contributed by atoms with Gasteiger partial charge in [-0.2, -0.15) is 8.42 Å². The predicted octanol–water partition coefficient (Wildman–Crippen LogP) is 1.52. The number of nitrogens with zero attached hydrogens (tertiary/aromatic N) is 1. The number of hydrogen-bond acceptors (Lipinski definition) is 5. The van der Waals surface area contributed by atoms with Gasteiger partial charge in [-0.05, 0) is 30.7 Å². The summed E-state index contributed by atoms with van der Waals surface area (Å²) in [6, 6.07) is 9.32. The molecule has 0 unspecified atom stereocenters. The summed E-state index contributed by atoms with van der Waals surface area (Å²) in [6.45, 7) is 1.55. The monoisotopic (exact) mass is 297 g/mol. The normalized spacial score (nSPS) is 10.6. The van der Waals surface area contributed by atoms with Crippen molar-refractivity contribution in [2.45, 2.75) is 18.4 Å². The molecule has 0 aliphatic heterocycles. The zero-order chi connectivity index (χ0) is 15.2. The van der Waals surface area contributed by atoms with Crippen LogP contribution in [0.1, 0.15) is 11.3 Å². The minimum Gasteiger partial charge on any atom is -0.506 e. The summed E-state index contributed by atoms with van der Waals surface area (Å²) in [5.41, 5.74) is 1.11. The van der Waals surface area contributed by atoms with Crippen molar-refractivity contribution < 1.29 is 23.2 Å². The van der Waals surface area contributed by atoms with E-state index in [4.69, 9.17) is 14.8 Å². The Morgan fingerprint density at radius 1 is 1.15 bits per heavy atom. The van der Waals surface area contributed by atoms with Crippen molar-refractivity contribution in [2.75, 3.05) is 0 Å². The summed E-state index contributed by atoms with van der Waals surface area (Å²) >= 11 is 0. The third-order valence-corrected chi connectivity index (χ3v) is 3.36. The van der Waals surface area contributed by atoms with E-state index in [9.17, 15) is 8.42 Å². The number of aliphatic hydroxyl groups excluding tert-OH is 1. The van der Waals surface area contributed by atoms with Crippen LogP contribution in [0.15, 0.2) is 47.5 Å². The Hall–Kier alpha value is -1.96. The van der Waals surface area contributed by atoms with Crippen molar-refractivity contribution in [3.8, 4) is 5.75 Å². The molecule has 0 atom stereocenters. The van der Waals surface area contributed by atoms with Gasteiger partial charge in [0.2, 0.25) is 0 Å². The summed E-state index contributed by atoms with van der Waals surface area (Å²) in [5, 5.41) is 17.2. The van der Waals surface area contributed by atoms with Crippen molar-refractivity contribution in [3.63, 3.8) is 0 Å². The second-order valence-electron chi connectivity index (χ2n) is 3.91. The van der Waals surface area contributed by atoms with Crippen LogP contribution in [0.2, 0.25) is 0 Å². The first-order chi connectivity index (χ1) is 9.34. The average molecular weight is 297 g/mol. The standard InChI is InChI=1S/C7H8O3S.C6H7NO2/c1-6-4-2-3-5-7(6)11(8,9)10;8-4-5-1-2-6(9)3-7-5/h2-5H,1H3,(H,8,9,10);1-3,8-9H,4H2. The zero-order valence-corrected chi connectivity index (χ0v) is 11.6. The molecule has 0 spiro atoms. The molecule has 3 N–H and O–H groups in total. The number of aromatic nitrogens is 1. The maximum absolute atomic E-state index is 10.6. The molecule has 2 aromatic rings. The minimum atomic E-state index is -4.03. The van der Waals surface area contributed by atoms with Crippen LogP contribution in [-0.4, -0.2) is 28.2 Å². The van der Waals surface area contributed by atoms with Gasteiger partial charge in [-0.15, -0.1) is 0 Å². The maximum atomic E-state index is 10.6. The number of aliphatic hydroxyl groups is 1. The lowest BCUT2D eigenvalue weighted by Gasteiger charge is -1.99. The lowest BCUT2D eigenvalue weighted by molar-refractivity contribution is 0.276. The van der Waals surface area contributed by atoms with Crippen LogP contribution in [0, 0.1) is 6.92 Å². The molecule has 0 fully saturated rings. The Morgan fingerprint density at radius 2 is 1.80 bits per heavy atom. The molecule has 1 aromatic heterocycles. The van der Waals surface area contributed by atoms with Crippen LogP contribution >= 0.6 is 0 Å². The molecule has 1 heterocycles. The quantitative estimate of drug-likeness (QED) is 0.725. The molecular formula is C13H15NO5S. The highest BCUT2D eigenvalue weighted by atomic mass is 32.2. The molecule has 0 amide bonds. The second-order valence-corrected chi connectivity index (χ2v) is 5.30. The lowest BCUT2D eigenvalue weighted by atomic mass is 10.2. The van der Waals surface area contributed by atoms with Gasteiger partial charge in [-0.3, -0.25) is 9.54 Å². The van der Waals surface area contributed by atoms with E-state index in [1.165, 1.54) is 18.3 Å². The third-order valence-electron chi connectivity index (χ3n) is 2.34. The summed E-state index contributed by atoms with van der Waals surface area (Å²) in [6.07, 6.45) is 1.30. The largest absolute Gasteiger partial charge is 0.506 e. The fourth-order valence-corrected chi connectivity index (χ4v) is 2.08. The molecule has 20 heavy (non-hydrogen) atoms. The topological polar surface area (TPSA) is 108 Å². The number of aryl methyl sites for hydroxylation is 1. The Morgan fingerprint density at radius 3 is 2.20 bits per heavy atom. The molecule has 0 aliphatic rings. The van der Waals surface area contributed by atoms with Gasteiger partial charge in [-0.1, -0.05) is 18.2 Å². The highest BCUT2D eigenvalue weighted by molar-refractivity contribution is 7.85. The smallest absolute Gasteiger partial charge is 0.294 e.